The molecule has 0 heterocycles. The highest BCUT2D eigenvalue weighted by atomic mass is 79.9. The number of nitrogens with zero attached hydrogens (tertiary/aromatic N) is 1. The van der Waals surface area contributed by atoms with Crippen LogP contribution in [0.2, 0.25) is 0 Å². The third-order valence-corrected chi connectivity index (χ3v) is 3.28. The van der Waals surface area contributed by atoms with E-state index in [0.717, 1.165) is 0 Å². The lowest BCUT2D eigenvalue weighted by Crippen LogP contribution is -2.40. The summed E-state index contributed by atoms with van der Waals surface area (Å²) in [6, 6.07) is 0. The van der Waals surface area contributed by atoms with E-state index in [1.54, 1.807) is 0 Å². The fourth-order valence-electron chi connectivity index (χ4n) is 1.40. The van der Waals surface area contributed by atoms with Crippen LogP contribution in [-0.4, -0.2) is 47.8 Å². The predicted octanol–water partition coefficient (Wildman–Crippen LogP) is 2.51. The molecule has 0 aromatic rings. The summed E-state index contributed by atoms with van der Waals surface area (Å²) >= 11 is 3.31. The lowest BCUT2D eigenvalue weighted by atomic mass is 9.97. The minimum atomic E-state index is -4.21. The highest BCUT2D eigenvalue weighted by Gasteiger charge is 2.31. The van der Waals surface area contributed by atoms with E-state index in [-0.39, 0.29) is 19.1 Å². The van der Waals surface area contributed by atoms with Crippen LogP contribution in [-0.2, 0) is 0 Å². The van der Waals surface area contributed by atoms with Crippen molar-refractivity contribution in [1.82, 2.24) is 4.90 Å². The van der Waals surface area contributed by atoms with Crippen molar-refractivity contribution in [2.75, 3.05) is 31.6 Å². The molecule has 0 aromatic carbocycles. The normalized spacial score (nSPS) is 14.8. The molecular weight excluding hydrogens is 287 g/mol. The summed E-state index contributed by atoms with van der Waals surface area (Å²) in [5, 5.41) is 9.41. The lowest BCUT2D eigenvalue weighted by Gasteiger charge is -2.28. The lowest BCUT2D eigenvalue weighted by molar-refractivity contribution is -0.148. The van der Waals surface area contributed by atoms with Crippen molar-refractivity contribution in [2.24, 2.45) is 11.8 Å². The molecule has 1 unspecified atom stereocenters. The molecule has 0 fully saturated rings. The smallest absolute Gasteiger partial charge is 0.395 e. The zero-order valence-corrected chi connectivity index (χ0v) is 11.2. The third kappa shape index (κ3) is 7.46. The minimum absolute atomic E-state index is 0.0652. The average Bonchev–Trinajstić information content (AvgIpc) is 2.11. The first kappa shape index (κ1) is 16.2. The number of halogens is 4. The molecule has 0 saturated heterocycles. The Labute approximate surface area is 103 Å². The van der Waals surface area contributed by atoms with E-state index >= 15 is 0 Å². The molecule has 0 bridgehead atoms. The summed E-state index contributed by atoms with van der Waals surface area (Å²) in [6.07, 6.45) is -4.21. The minimum Gasteiger partial charge on any atom is -0.395 e. The molecule has 2 nitrogen and oxygen atoms in total. The van der Waals surface area contributed by atoms with Gasteiger partial charge in [-0.05, 0) is 11.8 Å². The highest BCUT2D eigenvalue weighted by molar-refractivity contribution is 9.09. The van der Waals surface area contributed by atoms with Crippen LogP contribution in [0.1, 0.15) is 13.8 Å². The fourth-order valence-corrected chi connectivity index (χ4v) is 2.35. The van der Waals surface area contributed by atoms with Crippen LogP contribution in [0.3, 0.4) is 0 Å². The van der Waals surface area contributed by atoms with Gasteiger partial charge in [0.05, 0.1) is 13.2 Å². The number of hydrogen-bond acceptors (Lipinski definition) is 2. The molecule has 0 saturated carbocycles. The Bertz CT molecular complexity index is 187. The molecule has 98 valence electrons. The highest BCUT2D eigenvalue weighted by Crippen LogP contribution is 2.20. The molecule has 0 aliphatic rings. The summed E-state index contributed by atoms with van der Waals surface area (Å²) in [5.41, 5.74) is 0. The summed E-state index contributed by atoms with van der Waals surface area (Å²) in [4.78, 5) is 1.26. The van der Waals surface area contributed by atoms with E-state index in [9.17, 15) is 13.2 Å². The Morgan fingerprint density at radius 3 is 2.19 bits per heavy atom. The van der Waals surface area contributed by atoms with Crippen LogP contribution in [0.4, 0.5) is 13.2 Å². The maximum Gasteiger partial charge on any atom is 0.401 e. The number of aliphatic hydroxyl groups excluding tert-OH is 1. The van der Waals surface area contributed by atoms with Gasteiger partial charge in [0.15, 0.2) is 0 Å². The Hall–Kier alpha value is 0.190. The first-order valence-corrected chi connectivity index (χ1v) is 6.38. The summed E-state index contributed by atoms with van der Waals surface area (Å²) < 4.78 is 36.7. The van der Waals surface area contributed by atoms with E-state index in [2.05, 4.69) is 15.9 Å². The zero-order chi connectivity index (χ0) is 12.8. The van der Waals surface area contributed by atoms with Crippen LogP contribution in [0.25, 0.3) is 0 Å². The fraction of sp³-hybridized carbons (Fsp3) is 1.00. The van der Waals surface area contributed by atoms with E-state index in [0.29, 0.717) is 17.8 Å². The summed E-state index contributed by atoms with van der Waals surface area (Å²) in [7, 11) is 0. The van der Waals surface area contributed by atoms with Gasteiger partial charge in [0.1, 0.15) is 0 Å². The van der Waals surface area contributed by atoms with E-state index < -0.39 is 12.7 Å². The van der Waals surface area contributed by atoms with E-state index in [1.165, 1.54) is 4.90 Å². The molecule has 0 aliphatic carbocycles. The van der Waals surface area contributed by atoms with Gasteiger partial charge in [-0.3, -0.25) is 4.90 Å². The van der Waals surface area contributed by atoms with Gasteiger partial charge in [0.25, 0.3) is 0 Å². The molecule has 0 rings (SSSR count). The molecule has 1 N–H and O–H groups in total. The SMILES string of the molecule is CC(C)C(CBr)CN(CCO)CC(F)(F)F. The van der Waals surface area contributed by atoms with Crippen molar-refractivity contribution in [3.63, 3.8) is 0 Å². The van der Waals surface area contributed by atoms with Gasteiger partial charge >= 0.3 is 6.18 Å². The van der Waals surface area contributed by atoms with E-state index in [1.807, 2.05) is 13.8 Å². The summed E-state index contributed by atoms with van der Waals surface area (Å²) in [5.74, 6) is 0.475. The van der Waals surface area contributed by atoms with Crippen LogP contribution in [0, 0.1) is 11.8 Å². The second-order valence-electron chi connectivity index (χ2n) is 4.23. The average molecular weight is 306 g/mol. The number of rotatable bonds is 7. The van der Waals surface area contributed by atoms with Gasteiger partial charge in [-0.25, -0.2) is 0 Å². The van der Waals surface area contributed by atoms with Gasteiger partial charge < -0.3 is 5.11 Å². The monoisotopic (exact) mass is 305 g/mol. The molecule has 0 aromatic heterocycles. The van der Waals surface area contributed by atoms with Crippen molar-refractivity contribution < 1.29 is 18.3 Å². The van der Waals surface area contributed by atoms with Crippen molar-refractivity contribution in [2.45, 2.75) is 20.0 Å². The summed E-state index contributed by atoms with van der Waals surface area (Å²) in [6.45, 7) is 3.18. The molecule has 0 spiro atoms. The second kappa shape index (κ2) is 7.50. The quantitative estimate of drug-likeness (QED) is 0.731. The van der Waals surface area contributed by atoms with E-state index in [4.69, 9.17) is 5.11 Å². The molecule has 0 aliphatic heterocycles. The molecule has 1 atom stereocenters. The van der Waals surface area contributed by atoms with Gasteiger partial charge in [-0.1, -0.05) is 29.8 Å². The zero-order valence-electron chi connectivity index (χ0n) is 9.60. The Morgan fingerprint density at radius 2 is 1.88 bits per heavy atom. The number of hydrogen-bond donors (Lipinski definition) is 1. The van der Waals surface area contributed by atoms with Gasteiger partial charge in [0, 0.05) is 18.4 Å². The maximum atomic E-state index is 12.2. The van der Waals surface area contributed by atoms with Crippen molar-refractivity contribution in [3.8, 4) is 0 Å². The Kier molecular flexibility index (Phi) is 7.59. The molecule has 6 heteroatoms. The maximum absolute atomic E-state index is 12.2. The van der Waals surface area contributed by atoms with Crippen molar-refractivity contribution >= 4 is 15.9 Å². The topological polar surface area (TPSA) is 23.5 Å². The van der Waals surface area contributed by atoms with Crippen molar-refractivity contribution in [1.29, 1.82) is 0 Å². The standard InChI is InChI=1S/C10H19BrF3NO/c1-8(2)9(5-11)6-15(3-4-16)7-10(12,13)14/h8-9,16H,3-7H2,1-2H3. The van der Waals surface area contributed by atoms with Crippen LogP contribution < -0.4 is 0 Å². The first-order chi connectivity index (χ1) is 7.30. The van der Waals surface area contributed by atoms with Gasteiger partial charge in [-0.15, -0.1) is 0 Å². The molecule has 0 amide bonds. The predicted molar refractivity (Wildman–Crippen MR) is 61.7 cm³/mol. The van der Waals surface area contributed by atoms with Crippen LogP contribution >= 0.6 is 15.9 Å². The van der Waals surface area contributed by atoms with Crippen molar-refractivity contribution in [3.05, 3.63) is 0 Å². The van der Waals surface area contributed by atoms with Crippen LogP contribution in [0.15, 0.2) is 0 Å². The van der Waals surface area contributed by atoms with Gasteiger partial charge in [0.2, 0.25) is 0 Å². The molecular formula is C10H19BrF3NO. The molecule has 16 heavy (non-hydrogen) atoms. The largest absolute Gasteiger partial charge is 0.401 e. The second-order valence-corrected chi connectivity index (χ2v) is 4.88. The third-order valence-electron chi connectivity index (χ3n) is 2.45. The Morgan fingerprint density at radius 1 is 1.31 bits per heavy atom. The first-order valence-electron chi connectivity index (χ1n) is 5.26. The number of alkyl halides is 4. The Balaban J connectivity index is 4.30. The van der Waals surface area contributed by atoms with Gasteiger partial charge in [-0.2, -0.15) is 13.2 Å². The number of aliphatic hydroxyl groups is 1. The van der Waals surface area contributed by atoms with Crippen LogP contribution in [0.5, 0.6) is 0 Å². The molecule has 0 radical (unpaired) electrons.